The van der Waals surface area contributed by atoms with Crippen molar-refractivity contribution in [3.63, 3.8) is 0 Å². The quantitative estimate of drug-likeness (QED) is 0.126. The molecule has 0 aromatic heterocycles. The molecule has 2 aliphatic rings. The molecule has 1 aliphatic carbocycles. The fraction of sp³-hybridized carbons (Fsp3) is 0.0455. The standard InChI is InChI=1S/C44H32OP2/c1-5-19-35(20-6-1)46(36-21-7-2-8-22-36)41-30-29-33-17-13-15-27-39(33)42(41)44-40-28-16-14-18-34(40)31-32-43(44,45-44)47(37-23-9-3-10-24-37)38-25-11-4-12-26-38/h1-32H. The summed E-state index contributed by atoms with van der Waals surface area (Å²) in [7, 11) is -1.88. The van der Waals surface area contributed by atoms with Gasteiger partial charge in [0.2, 0.25) is 0 Å². The smallest absolute Gasteiger partial charge is 0.159 e. The van der Waals surface area contributed by atoms with E-state index in [0.29, 0.717) is 0 Å². The van der Waals surface area contributed by atoms with Crippen molar-refractivity contribution < 1.29 is 4.74 Å². The van der Waals surface area contributed by atoms with Gasteiger partial charge in [-0.15, -0.1) is 0 Å². The zero-order valence-corrected chi connectivity index (χ0v) is 27.6. The van der Waals surface area contributed by atoms with Crippen LogP contribution in [0.15, 0.2) is 188 Å². The van der Waals surface area contributed by atoms with E-state index in [9.17, 15) is 0 Å². The summed E-state index contributed by atoms with van der Waals surface area (Å²) in [6, 6.07) is 66.7. The molecule has 0 saturated carbocycles. The Morgan fingerprint density at radius 3 is 1.57 bits per heavy atom. The summed E-state index contributed by atoms with van der Waals surface area (Å²) in [6.45, 7) is 0. The molecular formula is C44H32OP2. The van der Waals surface area contributed by atoms with Gasteiger partial charge in [0.15, 0.2) is 10.9 Å². The lowest BCUT2D eigenvalue weighted by Crippen LogP contribution is -2.36. The Bertz CT molecular complexity index is 2160. The van der Waals surface area contributed by atoms with Crippen LogP contribution in [0.3, 0.4) is 0 Å². The lowest BCUT2D eigenvalue weighted by atomic mass is 9.79. The molecule has 0 bridgehead atoms. The second-order valence-corrected chi connectivity index (χ2v) is 16.6. The lowest BCUT2D eigenvalue weighted by Gasteiger charge is -2.34. The van der Waals surface area contributed by atoms with Crippen molar-refractivity contribution >= 4 is 59.2 Å². The number of hydrogen-bond donors (Lipinski definition) is 0. The number of benzene rings is 7. The van der Waals surface area contributed by atoms with Crippen LogP contribution in [0.2, 0.25) is 0 Å². The van der Waals surface area contributed by atoms with Crippen molar-refractivity contribution in [2.75, 3.05) is 0 Å². The molecule has 0 radical (unpaired) electrons. The van der Waals surface area contributed by atoms with Crippen molar-refractivity contribution in [2.24, 2.45) is 0 Å². The first-order valence-electron chi connectivity index (χ1n) is 16.1. The van der Waals surface area contributed by atoms with Crippen molar-refractivity contribution in [2.45, 2.75) is 10.9 Å². The average molecular weight is 639 g/mol. The molecule has 2 unspecified atom stereocenters. The van der Waals surface area contributed by atoms with E-state index in [1.54, 1.807) is 0 Å². The van der Waals surface area contributed by atoms with Crippen LogP contribution >= 0.6 is 15.8 Å². The summed E-state index contributed by atoms with van der Waals surface area (Å²) in [5.41, 5.74) is 3.08. The molecule has 0 spiro atoms. The lowest BCUT2D eigenvalue weighted by molar-refractivity contribution is 0.333. The summed E-state index contributed by atoms with van der Waals surface area (Å²) >= 11 is 0. The molecule has 7 aromatic rings. The van der Waals surface area contributed by atoms with Gasteiger partial charge >= 0.3 is 0 Å². The van der Waals surface area contributed by atoms with Gasteiger partial charge in [-0.3, -0.25) is 0 Å². The molecule has 1 aliphatic heterocycles. The second kappa shape index (κ2) is 11.6. The predicted molar refractivity (Wildman–Crippen MR) is 202 cm³/mol. The molecule has 47 heavy (non-hydrogen) atoms. The number of rotatable bonds is 7. The fourth-order valence-corrected chi connectivity index (χ4v) is 13.0. The SMILES string of the molecule is C1=CC2(P(c3ccccc3)c3ccccc3)OC2(c2c(P(c3ccccc3)c3ccccc3)ccc3ccccc23)c2ccccc21. The number of epoxide rings is 1. The number of hydrogen-bond acceptors (Lipinski definition) is 1. The highest BCUT2D eigenvalue weighted by Gasteiger charge is 2.76. The Hall–Kier alpha value is -4.64. The van der Waals surface area contributed by atoms with Gasteiger partial charge in [-0.2, -0.15) is 0 Å². The molecule has 1 fully saturated rings. The maximum absolute atomic E-state index is 7.66. The van der Waals surface area contributed by atoms with Crippen LogP contribution in [0, 0.1) is 0 Å². The highest BCUT2D eigenvalue weighted by atomic mass is 31.1. The summed E-state index contributed by atoms with van der Waals surface area (Å²) in [6.07, 6.45) is 4.71. The normalized spacial score (nSPS) is 19.4. The van der Waals surface area contributed by atoms with E-state index in [0.717, 1.165) is 0 Å². The summed E-state index contributed by atoms with van der Waals surface area (Å²) in [4.78, 5) is 0. The first-order chi connectivity index (χ1) is 23.3. The van der Waals surface area contributed by atoms with E-state index in [1.165, 1.54) is 54.0 Å². The molecule has 224 valence electrons. The van der Waals surface area contributed by atoms with Crippen LogP contribution in [0.1, 0.15) is 16.7 Å². The van der Waals surface area contributed by atoms with Crippen LogP contribution in [0.4, 0.5) is 0 Å². The van der Waals surface area contributed by atoms with Gasteiger partial charge in [0, 0.05) is 5.56 Å². The first kappa shape index (κ1) is 28.6. The summed E-state index contributed by atoms with van der Waals surface area (Å²) in [5.74, 6) is 0. The molecular weight excluding hydrogens is 606 g/mol. The third-order valence-corrected chi connectivity index (χ3v) is 14.8. The first-order valence-corrected chi connectivity index (χ1v) is 18.8. The highest BCUT2D eigenvalue weighted by Crippen LogP contribution is 2.76. The van der Waals surface area contributed by atoms with E-state index in [4.69, 9.17) is 4.74 Å². The molecule has 0 amide bonds. The largest absolute Gasteiger partial charge is 0.342 e. The maximum Gasteiger partial charge on any atom is 0.159 e. The van der Waals surface area contributed by atoms with E-state index < -0.39 is 26.8 Å². The van der Waals surface area contributed by atoms with Gasteiger partial charge in [0.25, 0.3) is 0 Å². The van der Waals surface area contributed by atoms with Gasteiger partial charge in [-0.25, -0.2) is 0 Å². The molecule has 1 saturated heterocycles. The van der Waals surface area contributed by atoms with Crippen LogP contribution in [-0.2, 0) is 10.3 Å². The monoisotopic (exact) mass is 638 g/mol. The van der Waals surface area contributed by atoms with Crippen LogP contribution in [-0.4, -0.2) is 5.34 Å². The summed E-state index contributed by atoms with van der Waals surface area (Å²) < 4.78 is 7.66. The average Bonchev–Trinajstić information content (AvgIpc) is 3.84. The number of ether oxygens (including phenoxy) is 1. The zero-order valence-electron chi connectivity index (χ0n) is 25.8. The highest BCUT2D eigenvalue weighted by molar-refractivity contribution is 7.80. The minimum Gasteiger partial charge on any atom is -0.342 e. The topological polar surface area (TPSA) is 12.5 Å². The molecule has 1 heterocycles. The number of fused-ring (bicyclic) bond motifs is 4. The van der Waals surface area contributed by atoms with Crippen molar-refractivity contribution in [1.82, 2.24) is 0 Å². The van der Waals surface area contributed by atoms with E-state index in [2.05, 4.69) is 194 Å². The van der Waals surface area contributed by atoms with Crippen molar-refractivity contribution in [1.29, 1.82) is 0 Å². The van der Waals surface area contributed by atoms with Gasteiger partial charge in [0.05, 0.1) is 0 Å². The van der Waals surface area contributed by atoms with E-state index in [-0.39, 0.29) is 0 Å². The Morgan fingerprint density at radius 1 is 0.447 bits per heavy atom. The van der Waals surface area contributed by atoms with Gasteiger partial charge < -0.3 is 4.74 Å². The second-order valence-electron chi connectivity index (χ2n) is 12.1. The fourth-order valence-electron chi connectivity index (χ4n) is 7.50. The molecule has 1 nitrogen and oxygen atoms in total. The Balaban J connectivity index is 1.40. The van der Waals surface area contributed by atoms with Crippen LogP contribution < -0.4 is 26.5 Å². The third kappa shape index (κ3) is 4.50. The van der Waals surface area contributed by atoms with E-state index in [1.807, 2.05) is 0 Å². The Kier molecular flexibility index (Phi) is 7.02. The minimum atomic E-state index is -0.971. The maximum atomic E-state index is 7.66. The zero-order chi connectivity index (χ0) is 31.3. The van der Waals surface area contributed by atoms with Crippen LogP contribution in [0.25, 0.3) is 16.8 Å². The predicted octanol–water partition coefficient (Wildman–Crippen LogP) is 8.73. The van der Waals surface area contributed by atoms with Crippen molar-refractivity contribution in [3.05, 3.63) is 205 Å². The van der Waals surface area contributed by atoms with E-state index >= 15 is 0 Å². The van der Waals surface area contributed by atoms with Gasteiger partial charge in [-0.05, 0) is 70.3 Å². The summed E-state index contributed by atoms with van der Waals surface area (Å²) in [5, 5.41) is 8.56. The Labute approximate surface area is 278 Å². The minimum absolute atomic E-state index is 0.577. The molecule has 9 rings (SSSR count). The van der Waals surface area contributed by atoms with Gasteiger partial charge in [0.1, 0.15) is 0 Å². The third-order valence-electron chi connectivity index (χ3n) is 9.49. The van der Waals surface area contributed by atoms with Gasteiger partial charge in [-0.1, -0.05) is 188 Å². The molecule has 0 N–H and O–H groups in total. The van der Waals surface area contributed by atoms with Crippen LogP contribution in [0.5, 0.6) is 0 Å². The molecule has 3 heteroatoms. The Morgan fingerprint density at radius 2 is 0.957 bits per heavy atom. The molecule has 7 aromatic carbocycles. The molecule has 2 atom stereocenters. The van der Waals surface area contributed by atoms with Crippen molar-refractivity contribution in [3.8, 4) is 0 Å².